The Morgan fingerprint density at radius 1 is 1.04 bits per heavy atom. The van der Waals surface area contributed by atoms with E-state index < -0.39 is 21.8 Å². The molecule has 1 aromatic heterocycles. The summed E-state index contributed by atoms with van der Waals surface area (Å²) in [6.45, 7) is 1.07. The van der Waals surface area contributed by atoms with Gasteiger partial charge in [-0.1, -0.05) is 36.4 Å². The molecule has 1 aromatic carbocycles. The van der Waals surface area contributed by atoms with Gasteiger partial charge >= 0.3 is 0 Å². The number of carbonyl (C=O) groups excluding carboxylic acids is 2. The second-order valence-electron chi connectivity index (χ2n) is 6.33. The van der Waals surface area contributed by atoms with Crippen LogP contribution in [0.4, 0.5) is 0 Å². The van der Waals surface area contributed by atoms with Crippen molar-refractivity contribution in [2.45, 2.75) is 29.2 Å². The van der Waals surface area contributed by atoms with Gasteiger partial charge in [-0.25, -0.2) is 13.4 Å². The minimum atomic E-state index is -3.52. The lowest BCUT2D eigenvalue weighted by molar-refractivity contribution is -0.117. The van der Waals surface area contributed by atoms with E-state index in [1.54, 1.807) is 36.4 Å². The Bertz CT molecular complexity index is 925. The lowest BCUT2D eigenvalue weighted by atomic mass is 10.2. The zero-order valence-corrected chi connectivity index (χ0v) is 16.8. The maximum absolute atomic E-state index is 12.6. The number of amides is 2. The summed E-state index contributed by atoms with van der Waals surface area (Å²) in [5, 5.41) is 2.83. The molecule has 0 spiro atoms. The van der Waals surface area contributed by atoms with E-state index in [2.05, 4.69) is 10.3 Å². The Kier molecular flexibility index (Phi) is 6.82. The topological polar surface area (TPSA) is 96.4 Å². The summed E-state index contributed by atoms with van der Waals surface area (Å²) in [6, 6.07) is 11.6. The van der Waals surface area contributed by atoms with Gasteiger partial charge in [0.1, 0.15) is 4.90 Å². The predicted octanol–water partition coefficient (Wildman–Crippen LogP) is 2.30. The largest absolute Gasteiger partial charge is 0.292 e. The van der Waals surface area contributed by atoms with Crippen LogP contribution < -0.4 is 5.32 Å². The molecule has 2 aromatic rings. The molecule has 28 heavy (non-hydrogen) atoms. The molecule has 3 rings (SSSR count). The third-order valence-corrected chi connectivity index (χ3v) is 7.13. The molecule has 0 aliphatic carbocycles. The highest BCUT2D eigenvalue weighted by Gasteiger charge is 2.26. The van der Waals surface area contributed by atoms with Gasteiger partial charge in [0.15, 0.2) is 0 Å². The smallest absolute Gasteiger partial charge is 0.257 e. The lowest BCUT2D eigenvalue weighted by Gasteiger charge is -2.25. The number of piperidine rings is 1. The molecular weight excluding hydrogens is 398 g/mol. The summed E-state index contributed by atoms with van der Waals surface area (Å²) >= 11 is 1.14. The first-order valence-electron chi connectivity index (χ1n) is 8.95. The second-order valence-corrected chi connectivity index (χ2v) is 9.26. The van der Waals surface area contributed by atoms with Gasteiger partial charge < -0.3 is 0 Å². The molecule has 0 radical (unpaired) electrons. The monoisotopic (exact) mass is 419 g/mol. The van der Waals surface area contributed by atoms with Crippen LogP contribution in [0.25, 0.3) is 0 Å². The van der Waals surface area contributed by atoms with E-state index in [1.165, 1.54) is 16.6 Å². The molecule has 0 bridgehead atoms. The zero-order chi connectivity index (χ0) is 20.0. The molecular formula is C19H21N3O4S2. The molecule has 7 nitrogen and oxygen atoms in total. The summed E-state index contributed by atoms with van der Waals surface area (Å²) in [5.41, 5.74) is 0.409. The van der Waals surface area contributed by atoms with Crippen molar-refractivity contribution in [2.24, 2.45) is 0 Å². The summed E-state index contributed by atoms with van der Waals surface area (Å²) < 4.78 is 26.7. The number of hydrogen-bond acceptors (Lipinski definition) is 6. The highest BCUT2D eigenvalue weighted by atomic mass is 32.2. The molecule has 0 unspecified atom stereocenters. The van der Waals surface area contributed by atoms with Gasteiger partial charge in [-0.15, -0.1) is 0 Å². The molecule has 1 N–H and O–H groups in total. The summed E-state index contributed by atoms with van der Waals surface area (Å²) in [4.78, 5) is 28.2. The molecule has 1 fully saturated rings. The molecule has 148 valence electrons. The number of pyridine rings is 1. The van der Waals surface area contributed by atoms with Gasteiger partial charge in [-0.3, -0.25) is 14.9 Å². The Morgan fingerprint density at radius 3 is 2.39 bits per heavy atom. The fraction of sp³-hybridized carbons (Fsp3) is 0.316. The number of imide groups is 1. The summed E-state index contributed by atoms with van der Waals surface area (Å²) in [6.07, 6.45) is 4.11. The molecule has 1 saturated heterocycles. The van der Waals surface area contributed by atoms with Crippen molar-refractivity contribution in [1.29, 1.82) is 0 Å². The van der Waals surface area contributed by atoms with Gasteiger partial charge in [0, 0.05) is 24.8 Å². The number of nitrogens with zero attached hydrogens (tertiary/aromatic N) is 2. The van der Waals surface area contributed by atoms with E-state index in [0.717, 1.165) is 31.0 Å². The molecule has 0 saturated carbocycles. The number of nitrogens with one attached hydrogen (secondary N) is 1. The summed E-state index contributed by atoms with van der Waals surface area (Å²) in [5.74, 6) is -0.892. The number of benzene rings is 1. The van der Waals surface area contributed by atoms with Crippen molar-refractivity contribution in [2.75, 3.05) is 18.8 Å². The van der Waals surface area contributed by atoms with Crippen molar-refractivity contribution < 1.29 is 18.0 Å². The average Bonchev–Trinajstić information content (AvgIpc) is 2.74. The minimum absolute atomic E-state index is 0.00377. The van der Waals surface area contributed by atoms with Gasteiger partial charge in [0.25, 0.3) is 5.91 Å². The lowest BCUT2D eigenvalue weighted by Crippen LogP contribution is -2.35. The van der Waals surface area contributed by atoms with Crippen molar-refractivity contribution in [3.8, 4) is 0 Å². The molecule has 1 aliphatic rings. The molecule has 9 heteroatoms. The van der Waals surface area contributed by atoms with Crippen molar-refractivity contribution in [1.82, 2.24) is 14.6 Å². The van der Waals surface area contributed by atoms with Crippen LogP contribution in [-0.2, 0) is 14.8 Å². The number of carbonyl (C=O) groups is 2. The van der Waals surface area contributed by atoms with Crippen LogP contribution in [0.15, 0.2) is 58.6 Å². The average molecular weight is 420 g/mol. The third kappa shape index (κ3) is 5.18. The predicted molar refractivity (Wildman–Crippen MR) is 106 cm³/mol. The quantitative estimate of drug-likeness (QED) is 0.722. The van der Waals surface area contributed by atoms with Crippen LogP contribution in [0, 0.1) is 0 Å². The third-order valence-electron chi connectivity index (χ3n) is 4.30. The highest BCUT2D eigenvalue weighted by Crippen LogP contribution is 2.22. The standard InChI is InChI=1S/C19H21N3O4S2/c23-17(21-19(24)15-7-3-1-4-8-15)14-27-18-10-9-16(13-20-18)28(25,26)22-11-5-2-6-12-22/h1,3-4,7-10,13H,2,5-6,11-12,14H2,(H,21,23,24). The van der Waals surface area contributed by atoms with E-state index in [1.807, 2.05) is 0 Å². The van der Waals surface area contributed by atoms with Crippen LogP contribution in [-0.4, -0.2) is 48.4 Å². The van der Waals surface area contributed by atoms with Gasteiger partial charge in [-0.05, 0) is 37.1 Å². The van der Waals surface area contributed by atoms with E-state index in [0.29, 0.717) is 23.7 Å². The van der Waals surface area contributed by atoms with Crippen LogP contribution in [0.5, 0.6) is 0 Å². The van der Waals surface area contributed by atoms with Crippen LogP contribution in [0.3, 0.4) is 0 Å². The molecule has 2 amide bonds. The number of sulfonamides is 1. The number of hydrogen-bond donors (Lipinski definition) is 1. The van der Waals surface area contributed by atoms with Crippen molar-refractivity contribution in [3.63, 3.8) is 0 Å². The Balaban J connectivity index is 1.54. The van der Waals surface area contributed by atoms with Crippen molar-refractivity contribution in [3.05, 3.63) is 54.2 Å². The normalized spacial score (nSPS) is 15.1. The Morgan fingerprint density at radius 2 is 1.75 bits per heavy atom. The van der Waals surface area contributed by atoms with Gasteiger partial charge in [-0.2, -0.15) is 4.31 Å². The van der Waals surface area contributed by atoms with Crippen LogP contribution in [0.2, 0.25) is 0 Å². The van der Waals surface area contributed by atoms with E-state index in [-0.39, 0.29) is 10.6 Å². The number of rotatable bonds is 6. The van der Waals surface area contributed by atoms with Crippen molar-refractivity contribution >= 4 is 33.6 Å². The molecule has 2 heterocycles. The Hall–Kier alpha value is -2.23. The van der Waals surface area contributed by atoms with Crippen LogP contribution in [0.1, 0.15) is 29.6 Å². The zero-order valence-electron chi connectivity index (χ0n) is 15.2. The number of aromatic nitrogens is 1. The summed E-state index contributed by atoms with van der Waals surface area (Å²) in [7, 11) is -3.52. The SMILES string of the molecule is O=C(CSc1ccc(S(=O)(=O)N2CCCCC2)cn1)NC(=O)c1ccccc1. The molecule has 1 aliphatic heterocycles. The molecule has 0 atom stereocenters. The fourth-order valence-electron chi connectivity index (χ4n) is 2.82. The highest BCUT2D eigenvalue weighted by molar-refractivity contribution is 7.99. The maximum Gasteiger partial charge on any atom is 0.257 e. The Labute approximate surface area is 168 Å². The van der Waals surface area contributed by atoms with E-state index in [4.69, 9.17) is 0 Å². The van der Waals surface area contributed by atoms with Crippen LogP contribution >= 0.6 is 11.8 Å². The minimum Gasteiger partial charge on any atom is -0.292 e. The maximum atomic E-state index is 12.6. The van der Waals surface area contributed by atoms with Gasteiger partial charge in [0.05, 0.1) is 10.8 Å². The first kappa shape index (κ1) is 20.5. The second kappa shape index (κ2) is 9.31. The fourth-order valence-corrected chi connectivity index (χ4v) is 4.93. The first-order chi connectivity index (χ1) is 13.5. The van der Waals surface area contributed by atoms with Gasteiger partial charge in [0.2, 0.25) is 15.9 Å². The number of thioether (sulfide) groups is 1. The van der Waals surface area contributed by atoms with E-state index in [9.17, 15) is 18.0 Å². The first-order valence-corrected chi connectivity index (χ1v) is 11.4. The van der Waals surface area contributed by atoms with E-state index >= 15 is 0 Å².